The van der Waals surface area contributed by atoms with Gasteiger partial charge in [0.2, 0.25) is 5.89 Å². The maximum Gasteiger partial charge on any atom is 0.276 e. The molecule has 3 aromatic rings. The molecule has 0 amide bonds. The number of hydrogen-bond donors (Lipinski definition) is 0. The number of benzene rings is 1. The van der Waals surface area contributed by atoms with E-state index in [-0.39, 0.29) is 0 Å². The summed E-state index contributed by atoms with van der Waals surface area (Å²) in [5.41, 5.74) is 2.20. The predicted molar refractivity (Wildman–Crippen MR) is 89.5 cm³/mol. The fourth-order valence-electron chi connectivity index (χ4n) is 2.02. The number of hydrogen-bond acceptors (Lipinski definition) is 6. The second kappa shape index (κ2) is 7.26. The van der Waals surface area contributed by atoms with Crippen LogP contribution in [-0.2, 0) is 12.2 Å². The summed E-state index contributed by atoms with van der Waals surface area (Å²) in [4.78, 5) is 4.19. The van der Waals surface area contributed by atoms with Crippen LogP contribution < -0.4 is 0 Å². The molecule has 0 saturated carbocycles. The van der Waals surface area contributed by atoms with Crippen molar-refractivity contribution in [1.82, 2.24) is 15.2 Å². The Hall–Kier alpha value is -1.37. The minimum atomic E-state index is 0.344. The van der Waals surface area contributed by atoms with E-state index >= 15 is 0 Å². The molecule has 0 aliphatic heterocycles. The van der Waals surface area contributed by atoms with Gasteiger partial charge < -0.3 is 4.42 Å². The van der Waals surface area contributed by atoms with E-state index in [4.69, 9.17) is 16.0 Å². The molecular formula is C15H14ClN3OS2. The molecule has 4 nitrogen and oxygen atoms in total. The van der Waals surface area contributed by atoms with Crippen molar-refractivity contribution in [3.8, 4) is 0 Å². The molecule has 0 saturated heterocycles. The molecule has 1 aromatic carbocycles. The van der Waals surface area contributed by atoms with Crippen molar-refractivity contribution in [2.75, 3.05) is 0 Å². The zero-order chi connectivity index (χ0) is 15.4. The summed E-state index contributed by atoms with van der Waals surface area (Å²) in [6.07, 6.45) is 0.736. The number of thiazole rings is 1. The van der Waals surface area contributed by atoms with Crippen molar-refractivity contribution in [2.24, 2.45) is 0 Å². The molecule has 0 aliphatic carbocycles. The maximum absolute atomic E-state index is 5.81. The topological polar surface area (TPSA) is 51.8 Å². The number of halogens is 1. The van der Waals surface area contributed by atoms with E-state index in [2.05, 4.69) is 34.2 Å². The van der Waals surface area contributed by atoms with Gasteiger partial charge in [-0.15, -0.1) is 21.5 Å². The predicted octanol–water partition coefficient (Wildman–Crippen LogP) is 4.82. The van der Waals surface area contributed by atoms with Crippen molar-refractivity contribution < 1.29 is 4.42 Å². The highest BCUT2D eigenvalue weighted by molar-refractivity contribution is 7.98. The van der Waals surface area contributed by atoms with Crippen LogP contribution in [0.3, 0.4) is 0 Å². The largest absolute Gasteiger partial charge is 0.416 e. The molecule has 1 atom stereocenters. The third-order valence-electron chi connectivity index (χ3n) is 3.16. The van der Waals surface area contributed by atoms with E-state index in [1.807, 2.05) is 23.6 Å². The van der Waals surface area contributed by atoms with Crippen molar-refractivity contribution in [2.45, 2.75) is 30.2 Å². The number of aromatic nitrogens is 3. The quantitative estimate of drug-likeness (QED) is 0.596. The van der Waals surface area contributed by atoms with Crippen molar-refractivity contribution >= 4 is 34.7 Å². The zero-order valence-corrected chi connectivity index (χ0v) is 14.3. The molecule has 0 N–H and O–H groups in total. The summed E-state index contributed by atoms with van der Waals surface area (Å²) in [5, 5.41) is 10.7. The Labute approximate surface area is 141 Å². The average Bonchev–Trinajstić information content (AvgIpc) is 3.15. The van der Waals surface area contributed by atoms with Crippen LogP contribution in [0.2, 0.25) is 4.47 Å². The Morgan fingerprint density at radius 1 is 1.27 bits per heavy atom. The van der Waals surface area contributed by atoms with Gasteiger partial charge in [-0.3, -0.25) is 0 Å². The third-order valence-corrected chi connectivity index (χ3v) is 5.04. The van der Waals surface area contributed by atoms with E-state index in [0.29, 0.717) is 27.3 Å². The van der Waals surface area contributed by atoms with Crippen LogP contribution >= 0.6 is 34.7 Å². The molecule has 3 rings (SSSR count). The van der Waals surface area contributed by atoms with Crippen LogP contribution in [0.4, 0.5) is 0 Å². The summed E-state index contributed by atoms with van der Waals surface area (Å²) in [6.45, 7) is 2.16. The van der Waals surface area contributed by atoms with E-state index < -0.39 is 0 Å². The third kappa shape index (κ3) is 4.09. The fraction of sp³-hybridized carbons (Fsp3) is 0.267. The molecule has 22 heavy (non-hydrogen) atoms. The second-order valence-corrected chi connectivity index (χ2v) is 7.22. The van der Waals surface area contributed by atoms with Crippen molar-refractivity contribution in [1.29, 1.82) is 0 Å². The number of rotatable bonds is 6. The summed E-state index contributed by atoms with van der Waals surface area (Å²) >= 11 is 8.71. The molecule has 0 spiro atoms. The van der Waals surface area contributed by atoms with Gasteiger partial charge in [0.1, 0.15) is 0 Å². The van der Waals surface area contributed by atoms with Gasteiger partial charge in [0.25, 0.3) is 5.22 Å². The van der Waals surface area contributed by atoms with Crippen LogP contribution in [0, 0.1) is 0 Å². The highest BCUT2D eigenvalue weighted by Gasteiger charge is 2.13. The maximum atomic E-state index is 5.81. The van der Waals surface area contributed by atoms with Crippen molar-refractivity contribution in [3.63, 3.8) is 0 Å². The van der Waals surface area contributed by atoms with Gasteiger partial charge >= 0.3 is 0 Å². The number of nitrogens with zero attached hydrogens (tertiary/aromatic N) is 3. The fourth-order valence-corrected chi connectivity index (χ4v) is 3.58. The monoisotopic (exact) mass is 351 g/mol. The lowest BCUT2D eigenvalue weighted by Crippen LogP contribution is -1.98. The molecule has 0 radical (unpaired) electrons. The first-order chi connectivity index (χ1) is 10.7. The Kier molecular flexibility index (Phi) is 5.12. The number of thioether (sulfide) groups is 1. The van der Waals surface area contributed by atoms with Gasteiger partial charge in [0.05, 0.1) is 5.69 Å². The SMILES string of the molecule is C[C@@H](Cc1nnc(SCc2csc(Cl)n2)o1)c1ccccc1. The summed E-state index contributed by atoms with van der Waals surface area (Å²) in [5.74, 6) is 1.69. The minimum Gasteiger partial charge on any atom is -0.416 e. The molecule has 0 unspecified atom stereocenters. The molecule has 2 heterocycles. The molecule has 7 heteroatoms. The first-order valence-corrected chi connectivity index (χ1v) is 9.05. The molecule has 0 aliphatic rings. The minimum absolute atomic E-state index is 0.344. The molecular weight excluding hydrogens is 338 g/mol. The van der Waals surface area contributed by atoms with Gasteiger partial charge in [0, 0.05) is 17.6 Å². The smallest absolute Gasteiger partial charge is 0.276 e. The molecule has 114 valence electrons. The van der Waals surface area contributed by atoms with Crippen LogP contribution in [0.25, 0.3) is 0 Å². The van der Waals surface area contributed by atoms with Crippen molar-refractivity contribution in [3.05, 3.63) is 57.3 Å². The summed E-state index contributed by atoms with van der Waals surface area (Å²) in [7, 11) is 0. The normalized spacial score (nSPS) is 12.5. The first-order valence-electron chi connectivity index (χ1n) is 6.81. The first kappa shape index (κ1) is 15.5. The Morgan fingerprint density at radius 2 is 2.09 bits per heavy atom. The van der Waals surface area contributed by atoms with Crippen LogP contribution in [0.5, 0.6) is 0 Å². The van der Waals surface area contributed by atoms with Gasteiger partial charge in [0.15, 0.2) is 4.47 Å². The molecule has 0 fully saturated rings. The van der Waals surface area contributed by atoms with Gasteiger partial charge in [-0.2, -0.15) is 0 Å². The Bertz CT molecular complexity index is 729. The van der Waals surface area contributed by atoms with E-state index in [1.54, 1.807) is 0 Å². The molecule has 0 bridgehead atoms. The van der Waals surface area contributed by atoms with E-state index in [0.717, 1.165) is 12.1 Å². The average molecular weight is 352 g/mol. The van der Waals surface area contributed by atoms with Crippen LogP contribution in [0.15, 0.2) is 45.4 Å². The lowest BCUT2D eigenvalue weighted by Gasteiger charge is -2.08. The standard InChI is InChI=1S/C15H14ClN3OS2/c1-10(11-5-3-2-4-6-11)7-13-18-19-15(20-13)22-9-12-8-21-14(16)17-12/h2-6,8,10H,7,9H2,1H3/t10-/m0/s1. The highest BCUT2D eigenvalue weighted by atomic mass is 35.5. The van der Waals surface area contributed by atoms with E-state index in [1.165, 1.54) is 28.7 Å². The Morgan fingerprint density at radius 3 is 2.82 bits per heavy atom. The van der Waals surface area contributed by atoms with Gasteiger partial charge in [-0.05, 0) is 11.5 Å². The molecule has 2 aromatic heterocycles. The highest BCUT2D eigenvalue weighted by Crippen LogP contribution is 2.25. The van der Waals surface area contributed by atoms with Crippen LogP contribution in [0.1, 0.15) is 30.0 Å². The lowest BCUT2D eigenvalue weighted by atomic mass is 9.98. The van der Waals surface area contributed by atoms with E-state index in [9.17, 15) is 0 Å². The summed E-state index contributed by atoms with van der Waals surface area (Å²) in [6, 6.07) is 10.3. The van der Waals surface area contributed by atoms with Gasteiger partial charge in [-0.25, -0.2) is 4.98 Å². The summed E-state index contributed by atoms with van der Waals surface area (Å²) < 4.78 is 6.24. The zero-order valence-electron chi connectivity index (χ0n) is 11.9. The Balaban J connectivity index is 1.57. The van der Waals surface area contributed by atoms with Crippen LogP contribution in [-0.4, -0.2) is 15.2 Å². The second-order valence-electron chi connectivity index (χ2n) is 4.86. The lowest BCUT2D eigenvalue weighted by molar-refractivity contribution is 0.404. The van der Waals surface area contributed by atoms with Gasteiger partial charge in [-0.1, -0.05) is 60.6 Å².